The Morgan fingerprint density at radius 2 is 1.80 bits per heavy atom. The molecule has 0 heterocycles. The Kier molecular flexibility index (Phi) is 5.86. The highest BCUT2D eigenvalue weighted by molar-refractivity contribution is 7.89. The normalized spacial score (nSPS) is 12.6. The molecule has 0 radical (unpaired) electrons. The number of ether oxygens (including phenoxy) is 1. The SMILES string of the molecule is Cc1ccc(S(=O)(=O)NCC(=O)OC(C)c2cc(F)ccc2F)cc1. The van der Waals surface area contributed by atoms with E-state index < -0.39 is 40.3 Å². The maximum atomic E-state index is 13.6. The van der Waals surface area contributed by atoms with Gasteiger partial charge in [0, 0.05) is 5.56 Å². The van der Waals surface area contributed by atoms with Crippen molar-refractivity contribution in [2.45, 2.75) is 24.8 Å². The molecule has 2 aromatic rings. The van der Waals surface area contributed by atoms with Crippen molar-refractivity contribution in [2.24, 2.45) is 0 Å². The summed E-state index contributed by atoms with van der Waals surface area (Å²) in [7, 11) is -3.87. The lowest BCUT2D eigenvalue weighted by molar-refractivity contribution is -0.147. The van der Waals surface area contributed by atoms with Gasteiger partial charge in [0.1, 0.15) is 24.3 Å². The number of rotatable bonds is 6. The van der Waals surface area contributed by atoms with Crippen LogP contribution in [0.4, 0.5) is 8.78 Å². The molecule has 2 aromatic carbocycles. The van der Waals surface area contributed by atoms with Crippen LogP contribution in [0.25, 0.3) is 0 Å². The van der Waals surface area contributed by atoms with E-state index in [0.717, 1.165) is 23.8 Å². The summed E-state index contributed by atoms with van der Waals surface area (Å²) < 4.78 is 58.0. The van der Waals surface area contributed by atoms with E-state index in [9.17, 15) is 22.0 Å². The van der Waals surface area contributed by atoms with Crippen LogP contribution in [0.3, 0.4) is 0 Å². The summed E-state index contributed by atoms with van der Waals surface area (Å²) in [6, 6.07) is 8.87. The molecule has 1 atom stereocenters. The Morgan fingerprint density at radius 1 is 1.16 bits per heavy atom. The molecule has 0 spiro atoms. The van der Waals surface area contributed by atoms with Crippen LogP contribution in [0.5, 0.6) is 0 Å². The zero-order valence-electron chi connectivity index (χ0n) is 13.6. The van der Waals surface area contributed by atoms with Crippen LogP contribution >= 0.6 is 0 Å². The summed E-state index contributed by atoms with van der Waals surface area (Å²) in [5.41, 5.74) is 0.763. The van der Waals surface area contributed by atoms with Crippen molar-refractivity contribution < 1.29 is 26.7 Å². The zero-order valence-corrected chi connectivity index (χ0v) is 14.4. The minimum Gasteiger partial charge on any atom is -0.457 e. The second kappa shape index (κ2) is 7.71. The van der Waals surface area contributed by atoms with Crippen LogP contribution < -0.4 is 4.72 Å². The van der Waals surface area contributed by atoms with Gasteiger partial charge in [-0.15, -0.1) is 0 Å². The first kappa shape index (κ1) is 19.0. The van der Waals surface area contributed by atoms with Gasteiger partial charge in [-0.2, -0.15) is 4.72 Å². The lowest BCUT2D eigenvalue weighted by Crippen LogP contribution is -2.31. The smallest absolute Gasteiger partial charge is 0.321 e. The Morgan fingerprint density at radius 3 is 2.44 bits per heavy atom. The van der Waals surface area contributed by atoms with Crippen LogP contribution in [-0.2, 0) is 19.6 Å². The van der Waals surface area contributed by atoms with Gasteiger partial charge in [-0.05, 0) is 44.2 Å². The molecule has 0 aliphatic carbocycles. The average Bonchev–Trinajstić information content (AvgIpc) is 2.55. The highest BCUT2D eigenvalue weighted by Crippen LogP contribution is 2.21. The van der Waals surface area contributed by atoms with Crippen molar-refractivity contribution in [3.8, 4) is 0 Å². The van der Waals surface area contributed by atoms with Crippen LogP contribution in [0, 0.1) is 18.6 Å². The van der Waals surface area contributed by atoms with E-state index in [1.807, 2.05) is 6.92 Å². The van der Waals surface area contributed by atoms with Gasteiger partial charge in [0.2, 0.25) is 10.0 Å². The first-order valence-electron chi connectivity index (χ1n) is 7.40. The molecule has 0 aliphatic rings. The second-order valence-corrected chi connectivity index (χ2v) is 7.20. The molecule has 0 fully saturated rings. The summed E-state index contributed by atoms with van der Waals surface area (Å²) in [6.07, 6.45) is -1.06. The minimum atomic E-state index is -3.87. The predicted molar refractivity (Wildman–Crippen MR) is 87.2 cm³/mol. The third kappa shape index (κ3) is 5.07. The summed E-state index contributed by atoms with van der Waals surface area (Å²) in [4.78, 5) is 11.8. The number of hydrogen-bond acceptors (Lipinski definition) is 4. The first-order chi connectivity index (χ1) is 11.7. The largest absolute Gasteiger partial charge is 0.457 e. The van der Waals surface area contributed by atoms with Crippen LogP contribution in [-0.4, -0.2) is 20.9 Å². The molecule has 25 heavy (non-hydrogen) atoms. The van der Waals surface area contributed by atoms with Crippen molar-refractivity contribution in [3.63, 3.8) is 0 Å². The Bertz CT molecular complexity index is 867. The monoisotopic (exact) mass is 369 g/mol. The number of nitrogens with one attached hydrogen (secondary N) is 1. The molecule has 0 bridgehead atoms. The summed E-state index contributed by atoms with van der Waals surface area (Å²) >= 11 is 0. The first-order valence-corrected chi connectivity index (χ1v) is 8.88. The van der Waals surface area contributed by atoms with Gasteiger partial charge in [0.05, 0.1) is 4.90 Å². The number of esters is 1. The highest BCUT2D eigenvalue weighted by Gasteiger charge is 2.19. The molecule has 1 N–H and O–H groups in total. The van der Waals surface area contributed by atoms with Gasteiger partial charge in [-0.3, -0.25) is 4.79 Å². The van der Waals surface area contributed by atoms with Gasteiger partial charge in [0.25, 0.3) is 0 Å². The van der Waals surface area contributed by atoms with E-state index in [-0.39, 0.29) is 10.5 Å². The standard InChI is InChI=1S/C17H17F2NO4S/c1-11-3-6-14(7-4-11)25(22,23)20-10-17(21)24-12(2)15-9-13(18)5-8-16(15)19/h3-9,12,20H,10H2,1-2H3. The maximum Gasteiger partial charge on any atom is 0.321 e. The quantitative estimate of drug-likeness (QED) is 0.795. The fourth-order valence-electron chi connectivity index (χ4n) is 2.08. The molecule has 134 valence electrons. The lowest BCUT2D eigenvalue weighted by atomic mass is 10.1. The van der Waals surface area contributed by atoms with Crippen LogP contribution in [0.1, 0.15) is 24.2 Å². The summed E-state index contributed by atoms with van der Waals surface area (Å²) in [5.74, 6) is -2.30. The van der Waals surface area contributed by atoms with Gasteiger partial charge in [-0.25, -0.2) is 17.2 Å². The van der Waals surface area contributed by atoms with E-state index in [4.69, 9.17) is 4.74 Å². The number of sulfonamides is 1. The lowest BCUT2D eigenvalue weighted by Gasteiger charge is -2.15. The second-order valence-electron chi connectivity index (χ2n) is 5.44. The van der Waals surface area contributed by atoms with Gasteiger partial charge in [-0.1, -0.05) is 17.7 Å². The Hall–Kier alpha value is -2.32. The number of carbonyl (C=O) groups is 1. The van der Waals surface area contributed by atoms with Crippen molar-refractivity contribution in [1.29, 1.82) is 0 Å². The van der Waals surface area contributed by atoms with E-state index in [1.54, 1.807) is 12.1 Å². The number of carbonyl (C=O) groups excluding carboxylic acids is 1. The van der Waals surface area contributed by atoms with Crippen molar-refractivity contribution >= 4 is 16.0 Å². The molecule has 0 aromatic heterocycles. The summed E-state index contributed by atoms with van der Waals surface area (Å²) in [5, 5.41) is 0. The van der Waals surface area contributed by atoms with E-state index in [2.05, 4.69) is 4.72 Å². The van der Waals surface area contributed by atoms with E-state index in [1.165, 1.54) is 19.1 Å². The molecule has 1 unspecified atom stereocenters. The molecule has 2 rings (SSSR count). The van der Waals surface area contributed by atoms with Gasteiger partial charge in [0.15, 0.2) is 0 Å². The third-order valence-corrected chi connectivity index (χ3v) is 4.86. The summed E-state index contributed by atoms with van der Waals surface area (Å²) in [6.45, 7) is 2.55. The molecular formula is C17H17F2NO4S. The molecular weight excluding hydrogens is 352 g/mol. The van der Waals surface area contributed by atoms with Gasteiger partial charge >= 0.3 is 5.97 Å². The average molecular weight is 369 g/mol. The van der Waals surface area contributed by atoms with Crippen molar-refractivity contribution in [1.82, 2.24) is 4.72 Å². The highest BCUT2D eigenvalue weighted by atomic mass is 32.2. The Labute approximate surface area is 144 Å². The molecule has 0 saturated heterocycles. The van der Waals surface area contributed by atoms with Gasteiger partial charge < -0.3 is 4.74 Å². The van der Waals surface area contributed by atoms with E-state index >= 15 is 0 Å². The number of benzene rings is 2. The molecule has 0 aliphatic heterocycles. The third-order valence-electron chi connectivity index (χ3n) is 3.44. The van der Waals surface area contributed by atoms with Crippen LogP contribution in [0.2, 0.25) is 0 Å². The molecule has 5 nitrogen and oxygen atoms in total. The molecule has 0 amide bonds. The number of hydrogen-bond donors (Lipinski definition) is 1. The fourth-order valence-corrected chi connectivity index (χ4v) is 3.05. The zero-order chi connectivity index (χ0) is 18.6. The van der Waals surface area contributed by atoms with Crippen molar-refractivity contribution in [3.05, 3.63) is 65.2 Å². The van der Waals surface area contributed by atoms with Crippen molar-refractivity contribution in [2.75, 3.05) is 6.54 Å². The van der Waals surface area contributed by atoms with E-state index in [0.29, 0.717) is 0 Å². The number of aryl methyl sites for hydroxylation is 1. The number of halogens is 2. The molecule has 0 saturated carbocycles. The Balaban J connectivity index is 1.98. The molecule has 8 heteroatoms. The van der Waals surface area contributed by atoms with Crippen LogP contribution in [0.15, 0.2) is 47.4 Å². The topological polar surface area (TPSA) is 72.5 Å². The predicted octanol–water partition coefficient (Wildman–Crippen LogP) is 2.86. The fraction of sp³-hybridized carbons (Fsp3) is 0.235. The maximum absolute atomic E-state index is 13.6. The minimum absolute atomic E-state index is 0.00937.